The van der Waals surface area contributed by atoms with E-state index in [4.69, 9.17) is 0 Å². The van der Waals surface area contributed by atoms with Crippen molar-refractivity contribution in [3.8, 4) is 5.75 Å². The number of hydrogen-bond donors (Lipinski definition) is 2. The van der Waals surface area contributed by atoms with Gasteiger partial charge < -0.3 is 19.9 Å². The fourth-order valence-corrected chi connectivity index (χ4v) is 4.18. The molecule has 0 aliphatic carbocycles. The third kappa shape index (κ3) is 7.95. The Morgan fingerprint density at radius 3 is 2.41 bits per heavy atom. The van der Waals surface area contributed by atoms with Crippen molar-refractivity contribution >= 4 is 22.8 Å². The van der Waals surface area contributed by atoms with Crippen LogP contribution in [0.4, 0.5) is 18.9 Å². The van der Waals surface area contributed by atoms with Gasteiger partial charge in [0.25, 0.3) is 0 Å². The summed E-state index contributed by atoms with van der Waals surface area (Å²) in [5.41, 5.74) is 4.13. The average Bonchev–Trinajstić information content (AvgIpc) is 3.24. The van der Waals surface area contributed by atoms with Crippen LogP contribution in [0.3, 0.4) is 0 Å². The number of rotatable bonds is 11. The number of carbonyl (C=O) groups excluding carboxylic acids is 1. The molecule has 4 aromatic rings. The first-order valence-corrected chi connectivity index (χ1v) is 12.9. The highest BCUT2D eigenvalue weighted by atomic mass is 19.4. The molecule has 0 fully saturated rings. The molecule has 2 aromatic heterocycles. The lowest BCUT2D eigenvalue weighted by Gasteiger charge is -2.16. The normalized spacial score (nSPS) is 12.5. The highest BCUT2D eigenvalue weighted by Crippen LogP contribution is 2.24. The number of benzene rings is 2. The molecule has 4 rings (SSSR count). The van der Waals surface area contributed by atoms with Crippen LogP contribution < -0.4 is 15.4 Å². The van der Waals surface area contributed by atoms with Crippen LogP contribution in [-0.4, -0.2) is 33.3 Å². The number of ether oxygens (including phenoxy) is 1. The van der Waals surface area contributed by atoms with Gasteiger partial charge in [0.15, 0.2) is 5.65 Å². The summed E-state index contributed by atoms with van der Waals surface area (Å²) in [5.74, 6) is 0.824. The molecule has 2 heterocycles. The molecule has 2 N–H and O–H groups in total. The van der Waals surface area contributed by atoms with Gasteiger partial charge in [-0.3, -0.25) is 4.79 Å². The Morgan fingerprint density at radius 2 is 1.74 bits per heavy atom. The van der Waals surface area contributed by atoms with E-state index in [1.165, 1.54) is 12.1 Å². The van der Waals surface area contributed by atoms with E-state index in [2.05, 4.69) is 39.2 Å². The number of carbonyl (C=O) groups is 1. The minimum atomic E-state index is -4.74. The van der Waals surface area contributed by atoms with Crippen molar-refractivity contribution in [2.24, 2.45) is 5.92 Å². The molecule has 39 heavy (non-hydrogen) atoms. The lowest BCUT2D eigenvalue weighted by atomic mass is 10.1. The van der Waals surface area contributed by atoms with Gasteiger partial charge in [-0.25, -0.2) is 9.97 Å². The average molecular weight is 540 g/mol. The summed E-state index contributed by atoms with van der Waals surface area (Å²) in [6, 6.07) is 17.2. The zero-order valence-electron chi connectivity index (χ0n) is 22.1. The maximum absolute atomic E-state index is 12.8. The van der Waals surface area contributed by atoms with Crippen molar-refractivity contribution in [2.45, 2.75) is 52.6 Å². The molecule has 2 aromatic carbocycles. The van der Waals surface area contributed by atoms with Crippen LogP contribution in [0.2, 0.25) is 0 Å². The number of pyridine rings is 1. The van der Waals surface area contributed by atoms with Gasteiger partial charge in [0, 0.05) is 31.3 Å². The van der Waals surface area contributed by atoms with E-state index in [0.29, 0.717) is 35.9 Å². The minimum absolute atomic E-state index is 0.107. The number of halogens is 3. The van der Waals surface area contributed by atoms with Crippen LogP contribution in [0.1, 0.15) is 50.2 Å². The third-order valence-corrected chi connectivity index (χ3v) is 6.16. The van der Waals surface area contributed by atoms with E-state index in [0.717, 1.165) is 23.4 Å². The molecule has 7 nitrogen and oxygen atoms in total. The van der Waals surface area contributed by atoms with Crippen LogP contribution in [0.25, 0.3) is 11.2 Å². The summed E-state index contributed by atoms with van der Waals surface area (Å²) < 4.78 is 43.3. The topological polar surface area (TPSA) is 81.1 Å². The second kappa shape index (κ2) is 12.2. The van der Waals surface area contributed by atoms with Crippen molar-refractivity contribution < 1.29 is 22.7 Å². The second-order valence-electron chi connectivity index (χ2n) is 9.84. The lowest BCUT2D eigenvalue weighted by Crippen LogP contribution is -2.27. The zero-order valence-corrected chi connectivity index (χ0v) is 22.1. The van der Waals surface area contributed by atoms with Gasteiger partial charge in [0.1, 0.15) is 17.1 Å². The summed E-state index contributed by atoms with van der Waals surface area (Å²) in [6.45, 7) is 7.48. The van der Waals surface area contributed by atoms with Gasteiger partial charge in [-0.05, 0) is 60.4 Å². The van der Waals surface area contributed by atoms with Crippen LogP contribution in [-0.2, 0) is 17.8 Å². The van der Waals surface area contributed by atoms with Gasteiger partial charge in [-0.15, -0.1) is 13.2 Å². The van der Waals surface area contributed by atoms with Crippen LogP contribution in [0, 0.1) is 5.92 Å². The fraction of sp³-hybridized carbons (Fsp3) is 0.345. The third-order valence-electron chi connectivity index (χ3n) is 6.16. The van der Waals surface area contributed by atoms with Gasteiger partial charge in [0.2, 0.25) is 5.91 Å². The number of aryl methyl sites for hydroxylation is 1. The second-order valence-corrected chi connectivity index (χ2v) is 9.84. The van der Waals surface area contributed by atoms with Crippen LogP contribution in [0.5, 0.6) is 5.75 Å². The quantitative estimate of drug-likeness (QED) is 0.235. The molecule has 0 aliphatic rings. The number of nitrogens with zero attached hydrogens (tertiary/aromatic N) is 3. The zero-order chi connectivity index (χ0) is 28.0. The largest absolute Gasteiger partial charge is 0.573 e. The lowest BCUT2D eigenvalue weighted by molar-refractivity contribution is -0.274. The predicted octanol–water partition coefficient (Wildman–Crippen LogP) is 6.26. The maximum Gasteiger partial charge on any atom is 0.573 e. The van der Waals surface area contributed by atoms with Crippen molar-refractivity contribution in [3.63, 3.8) is 0 Å². The molecule has 0 saturated carbocycles. The number of anilines is 1. The molecule has 1 atom stereocenters. The molecule has 0 spiro atoms. The standard InChI is InChI=1S/C29H32F3N5O2/c1-19(2)17-34-23-10-8-22(9-11-23)20(3)35-27(38)15-14-26-36-25-5-4-16-33-28(25)37(26)18-21-6-12-24(13-7-21)39-29(30,31)32/h4-13,16,19-20,34H,14-15,17-18H2,1-3H3,(H,35,38)/t20-/m0/s1. The number of fused-ring (bicyclic) bond motifs is 1. The Labute approximate surface area is 225 Å². The smallest absolute Gasteiger partial charge is 0.406 e. The molecular formula is C29H32F3N5O2. The number of amides is 1. The van der Waals surface area contributed by atoms with E-state index in [9.17, 15) is 18.0 Å². The summed E-state index contributed by atoms with van der Waals surface area (Å²) in [6.07, 6.45) is -2.49. The molecular weight excluding hydrogens is 507 g/mol. The van der Waals surface area contributed by atoms with E-state index >= 15 is 0 Å². The monoisotopic (exact) mass is 539 g/mol. The summed E-state index contributed by atoms with van der Waals surface area (Å²) in [4.78, 5) is 21.9. The Hall–Kier alpha value is -4.08. The molecule has 1 amide bonds. The maximum atomic E-state index is 12.8. The molecule has 0 saturated heterocycles. The molecule has 0 bridgehead atoms. The van der Waals surface area contributed by atoms with E-state index < -0.39 is 6.36 Å². The molecule has 0 aliphatic heterocycles. The molecule has 206 valence electrons. The van der Waals surface area contributed by atoms with E-state index in [1.807, 2.05) is 41.8 Å². The summed E-state index contributed by atoms with van der Waals surface area (Å²) in [5, 5.41) is 6.43. The Morgan fingerprint density at radius 1 is 1.03 bits per heavy atom. The summed E-state index contributed by atoms with van der Waals surface area (Å²) >= 11 is 0. The van der Waals surface area contributed by atoms with Crippen molar-refractivity contribution in [3.05, 3.63) is 83.8 Å². The molecule has 10 heteroatoms. The van der Waals surface area contributed by atoms with Crippen LogP contribution >= 0.6 is 0 Å². The number of alkyl halides is 3. The Bertz CT molecular complexity index is 1380. The minimum Gasteiger partial charge on any atom is -0.406 e. The SMILES string of the molecule is CC(C)CNc1ccc([C@H](C)NC(=O)CCc2nc3cccnc3n2Cc2ccc(OC(F)(F)F)cc2)cc1. The number of aromatic nitrogens is 3. The molecule has 0 unspecified atom stereocenters. The van der Waals surface area contributed by atoms with Crippen molar-refractivity contribution in [2.75, 3.05) is 11.9 Å². The van der Waals surface area contributed by atoms with E-state index in [1.54, 1.807) is 24.4 Å². The van der Waals surface area contributed by atoms with Crippen molar-refractivity contribution in [1.29, 1.82) is 0 Å². The molecule has 0 radical (unpaired) electrons. The predicted molar refractivity (Wildman–Crippen MR) is 144 cm³/mol. The Kier molecular flexibility index (Phi) is 8.73. The van der Waals surface area contributed by atoms with E-state index in [-0.39, 0.29) is 24.1 Å². The fourth-order valence-electron chi connectivity index (χ4n) is 4.18. The van der Waals surface area contributed by atoms with Crippen molar-refractivity contribution in [1.82, 2.24) is 19.9 Å². The number of nitrogens with one attached hydrogen (secondary N) is 2. The first-order valence-electron chi connectivity index (χ1n) is 12.9. The Balaban J connectivity index is 1.40. The highest BCUT2D eigenvalue weighted by molar-refractivity contribution is 5.77. The highest BCUT2D eigenvalue weighted by Gasteiger charge is 2.31. The van der Waals surface area contributed by atoms with Gasteiger partial charge in [0.05, 0.1) is 12.6 Å². The van der Waals surface area contributed by atoms with Crippen LogP contribution in [0.15, 0.2) is 66.9 Å². The number of imidazole rings is 1. The first kappa shape index (κ1) is 27.9. The number of hydrogen-bond acceptors (Lipinski definition) is 5. The first-order chi connectivity index (χ1) is 18.6. The van der Waals surface area contributed by atoms with Gasteiger partial charge >= 0.3 is 6.36 Å². The summed E-state index contributed by atoms with van der Waals surface area (Å²) in [7, 11) is 0. The van der Waals surface area contributed by atoms with Gasteiger partial charge in [-0.1, -0.05) is 38.1 Å². The van der Waals surface area contributed by atoms with Gasteiger partial charge in [-0.2, -0.15) is 0 Å².